The number of hydrogen-bond acceptors (Lipinski definition) is 4. The first-order valence-corrected chi connectivity index (χ1v) is 3.41. The number of hydrogen-bond donors (Lipinski definition) is 4. The van der Waals surface area contributed by atoms with Crippen LogP contribution in [-0.4, -0.2) is 25.5 Å². The molecule has 0 aliphatic rings. The topological polar surface area (TPSA) is 80.9 Å². The number of phenolic OH excluding ortho intramolecular Hbond substituents is 3. The molecule has 0 unspecified atom stereocenters. The summed E-state index contributed by atoms with van der Waals surface area (Å²) in [7, 11) is 0. The Kier molecular flexibility index (Phi) is 5.13. The predicted octanol–water partition coefficient (Wildman–Crippen LogP) is 1.04. The largest absolute Gasteiger partial charge is 0.504 e. The molecule has 6 heteroatoms. The maximum atomic E-state index is 8.95. The second-order valence-corrected chi connectivity index (χ2v) is 2.55. The van der Waals surface area contributed by atoms with Gasteiger partial charge in [0.25, 0.3) is 0 Å². The number of thiocarbonyl (C=S) groups is 1. The van der Waals surface area contributed by atoms with Gasteiger partial charge in [-0.2, -0.15) is 0 Å². The molecular weight excluding hydrogens is 332 g/mol. The summed E-state index contributed by atoms with van der Waals surface area (Å²) in [6, 6.07) is 2.11. The van der Waals surface area contributed by atoms with Crippen molar-refractivity contribution in [3.63, 3.8) is 0 Å². The summed E-state index contributed by atoms with van der Waals surface area (Å²) in [5.41, 5.74) is 0.0813. The van der Waals surface area contributed by atoms with Gasteiger partial charge in [-0.15, -0.1) is 0 Å². The Morgan fingerprint density at radius 2 is 1.46 bits per heavy atom. The average Bonchev–Trinajstić information content (AvgIpc) is 1.99. The third-order valence-electron chi connectivity index (χ3n) is 1.32. The van der Waals surface area contributed by atoms with Gasteiger partial charge < -0.3 is 20.4 Å². The minimum absolute atomic E-state index is 0. The molecule has 0 spiro atoms. The Morgan fingerprint density at radius 3 is 1.77 bits per heavy atom. The van der Waals surface area contributed by atoms with Crippen LogP contribution in [0.4, 0.5) is 0 Å². The maximum Gasteiger partial charge on any atom is 0.200 e. The number of aliphatic hydroxyl groups is 1. The van der Waals surface area contributed by atoms with E-state index in [1.807, 2.05) is 0 Å². The summed E-state index contributed by atoms with van der Waals surface area (Å²) < 4.78 is 0. The minimum Gasteiger partial charge on any atom is -0.504 e. The molecule has 4 N–H and O–H groups in total. The summed E-state index contributed by atoms with van der Waals surface area (Å²) in [6.07, 6.45) is 0. The second kappa shape index (κ2) is 5.09. The van der Waals surface area contributed by atoms with Crippen molar-refractivity contribution in [3.8, 4) is 17.2 Å². The van der Waals surface area contributed by atoms with E-state index in [0.29, 0.717) is 0 Å². The van der Waals surface area contributed by atoms with Crippen LogP contribution in [0.3, 0.4) is 0 Å². The third kappa shape index (κ3) is 3.05. The number of phenols is 3. The standard InChI is InChI=1S/C7H6O4S.Eu/c8-4-1-3(7(11)12)2-5(9)6(4)10;/h1-2,8-10H,(H,11,12);. The Balaban J connectivity index is 0.00000144. The third-order valence-corrected chi connectivity index (χ3v) is 1.55. The van der Waals surface area contributed by atoms with E-state index in [4.69, 9.17) is 20.4 Å². The van der Waals surface area contributed by atoms with Crippen LogP contribution >= 0.6 is 12.2 Å². The van der Waals surface area contributed by atoms with E-state index in [1.54, 1.807) is 0 Å². The molecule has 0 fully saturated rings. The molecule has 0 atom stereocenters. The Labute approximate surface area is 120 Å². The molecule has 0 saturated carbocycles. The molecule has 0 aliphatic heterocycles. The Bertz CT molecular complexity index is 316. The molecule has 0 aromatic heterocycles. The molecule has 13 heavy (non-hydrogen) atoms. The number of aromatic hydroxyl groups is 3. The van der Waals surface area contributed by atoms with Crippen LogP contribution in [0.2, 0.25) is 0 Å². The zero-order valence-electron chi connectivity index (χ0n) is 6.23. The average molecular weight is 338 g/mol. The van der Waals surface area contributed by atoms with Gasteiger partial charge in [-0.25, -0.2) is 0 Å². The molecule has 0 amide bonds. The van der Waals surface area contributed by atoms with E-state index in [1.165, 1.54) is 0 Å². The molecule has 1 aromatic rings. The van der Waals surface area contributed by atoms with E-state index in [2.05, 4.69) is 12.2 Å². The fourth-order valence-corrected chi connectivity index (χ4v) is 0.846. The van der Waals surface area contributed by atoms with Gasteiger partial charge >= 0.3 is 0 Å². The van der Waals surface area contributed by atoms with E-state index < -0.39 is 22.3 Å². The summed E-state index contributed by atoms with van der Waals surface area (Å²) in [4.78, 5) is 0. The van der Waals surface area contributed by atoms with Crippen LogP contribution in [-0.2, 0) is 0 Å². The summed E-state index contributed by atoms with van der Waals surface area (Å²) in [5, 5.41) is 35.1. The fourth-order valence-electron chi connectivity index (χ4n) is 0.728. The smallest absolute Gasteiger partial charge is 0.200 e. The zero-order chi connectivity index (χ0) is 9.30. The molecule has 71 valence electrons. The molecule has 4 nitrogen and oxygen atoms in total. The Morgan fingerprint density at radius 1 is 1.08 bits per heavy atom. The first-order chi connectivity index (χ1) is 5.52. The van der Waals surface area contributed by atoms with Gasteiger partial charge in [-0.05, 0) is 24.4 Å². The predicted molar refractivity (Wildman–Crippen MR) is 45.8 cm³/mol. The summed E-state index contributed by atoms with van der Waals surface area (Å²) >= 11 is 4.38. The van der Waals surface area contributed by atoms with Crippen molar-refractivity contribution in [2.75, 3.05) is 0 Å². The molecular formula is C7H6EuO4S. The van der Waals surface area contributed by atoms with Gasteiger partial charge in [0.2, 0.25) is 0 Å². The normalized spacial score (nSPS) is 8.92. The van der Waals surface area contributed by atoms with Crippen LogP contribution in [0.25, 0.3) is 0 Å². The van der Waals surface area contributed by atoms with Crippen molar-refractivity contribution in [1.29, 1.82) is 0 Å². The zero-order valence-corrected chi connectivity index (χ0v) is 9.47. The molecule has 0 aliphatic carbocycles. The number of benzene rings is 1. The van der Waals surface area contributed by atoms with Crippen molar-refractivity contribution < 1.29 is 69.8 Å². The van der Waals surface area contributed by atoms with E-state index in [9.17, 15) is 0 Å². The first-order valence-electron chi connectivity index (χ1n) is 3.00. The first kappa shape index (κ1) is 13.1. The maximum absolute atomic E-state index is 8.95. The molecule has 0 saturated heterocycles. The van der Waals surface area contributed by atoms with Crippen LogP contribution in [0, 0.1) is 49.4 Å². The van der Waals surface area contributed by atoms with Crippen molar-refractivity contribution in [3.05, 3.63) is 17.7 Å². The van der Waals surface area contributed by atoms with Crippen LogP contribution < -0.4 is 0 Å². The fraction of sp³-hybridized carbons (Fsp3) is 0. The van der Waals surface area contributed by atoms with Crippen molar-refractivity contribution in [2.45, 2.75) is 0 Å². The number of aliphatic hydroxyl groups excluding tert-OH is 1. The quantitative estimate of drug-likeness (QED) is 0.454. The Hall–Kier alpha value is 0.0944. The molecule has 1 aromatic carbocycles. The van der Waals surface area contributed by atoms with Crippen LogP contribution in [0.5, 0.6) is 17.2 Å². The van der Waals surface area contributed by atoms with Gasteiger partial charge in [-0.3, -0.25) is 0 Å². The minimum atomic E-state index is -0.630. The number of rotatable bonds is 1. The molecule has 0 heterocycles. The van der Waals surface area contributed by atoms with Gasteiger partial charge in [0, 0.05) is 54.9 Å². The van der Waals surface area contributed by atoms with Crippen molar-refractivity contribution >= 4 is 17.3 Å². The monoisotopic (exact) mass is 339 g/mol. The van der Waals surface area contributed by atoms with E-state index in [0.717, 1.165) is 12.1 Å². The van der Waals surface area contributed by atoms with Crippen molar-refractivity contribution in [2.24, 2.45) is 0 Å². The summed E-state index contributed by atoms with van der Waals surface area (Å²) in [5.74, 6) is -1.68. The second-order valence-electron chi connectivity index (χ2n) is 2.17. The SMILES string of the molecule is OC(=S)c1cc(O)c(O)c(O)c1.[Eu]. The van der Waals surface area contributed by atoms with E-state index >= 15 is 0 Å². The molecule has 1 rings (SSSR count). The van der Waals surface area contributed by atoms with Gasteiger partial charge in [0.15, 0.2) is 22.3 Å². The van der Waals surface area contributed by atoms with Crippen LogP contribution in [0.15, 0.2) is 12.1 Å². The molecule has 0 bridgehead atoms. The van der Waals surface area contributed by atoms with E-state index in [-0.39, 0.29) is 54.9 Å². The molecule has 1 radical (unpaired) electrons. The van der Waals surface area contributed by atoms with Crippen molar-refractivity contribution in [1.82, 2.24) is 0 Å². The van der Waals surface area contributed by atoms with Gasteiger partial charge in [0.05, 0.1) is 0 Å². The van der Waals surface area contributed by atoms with Gasteiger partial charge in [0.1, 0.15) is 0 Å². The summed E-state index contributed by atoms with van der Waals surface area (Å²) in [6.45, 7) is 0. The van der Waals surface area contributed by atoms with Crippen LogP contribution in [0.1, 0.15) is 5.56 Å². The van der Waals surface area contributed by atoms with Gasteiger partial charge in [-0.1, -0.05) is 0 Å².